The average Bonchev–Trinajstić information content (AvgIpc) is 3.02. The van der Waals surface area contributed by atoms with Crippen LogP contribution >= 0.6 is 11.6 Å². The Labute approximate surface area is 184 Å². The molecule has 0 fully saturated rings. The number of rotatable bonds is 6. The highest BCUT2D eigenvalue weighted by molar-refractivity contribution is 6.33. The lowest BCUT2D eigenvalue weighted by atomic mass is 10.1. The molecule has 1 atom stereocenters. The molecule has 0 spiro atoms. The van der Waals surface area contributed by atoms with Crippen molar-refractivity contribution in [1.82, 2.24) is 20.6 Å². The maximum absolute atomic E-state index is 13.7. The van der Waals surface area contributed by atoms with Gasteiger partial charge in [-0.2, -0.15) is 5.10 Å². The standard InChI is InChI=1S/C22H22ClFN4O3/c1-13-8-10-16(11-9-13)12-28-20(23)19(14(2)27-28)22(30)26-25-21(29)15(3)31-18-7-5-4-6-17(18)24/h4-11,15H,12H2,1-3H3,(H,25,29)(H,26,30). The lowest BCUT2D eigenvalue weighted by Gasteiger charge is -2.15. The Morgan fingerprint density at radius 1 is 1.13 bits per heavy atom. The molecule has 7 nitrogen and oxygen atoms in total. The third-order valence-corrected chi connectivity index (χ3v) is 4.94. The quantitative estimate of drug-likeness (QED) is 0.569. The van der Waals surface area contributed by atoms with Crippen LogP contribution in [0.25, 0.3) is 0 Å². The molecule has 2 aromatic carbocycles. The van der Waals surface area contributed by atoms with E-state index in [1.54, 1.807) is 13.0 Å². The van der Waals surface area contributed by atoms with Crippen LogP contribution < -0.4 is 15.6 Å². The lowest BCUT2D eigenvalue weighted by molar-refractivity contribution is -0.128. The Balaban J connectivity index is 1.62. The minimum atomic E-state index is -1.04. The van der Waals surface area contributed by atoms with Gasteiger partial charge < -0.3 is 4.74 Å². The second-order valence-corrected chi connectivity index (χ2v) is 7.39. The van der Waals surface area contributed by atoms with Gasteiger partial charge >= 0.3 is 0 Å². The summed E-state index contributed by atoms with van der Waals surface area (Å²) in [6.45, 7) is 5.48. The smallest absolute Gasteiger partial charge is 0.279 e. The normalized spacial score (nSPS) is 11.6. The summed E-state index contributed by atoms with van der Waals surface area (Å²) in [6.07, 6.45) is -1.04. The van der Waals surface area contributed by atoms with E-state index in [1.165, 1.54) is 29.8 Å². The summed E-state index contributed by atoms with van der Waals surface area (Å²) in [7, 11) is 0. The maximum atomic E-state index is 13.7. The van der Waals surface area contributed by atoms with Crippen LogP contribution in [0, 0.1) is 19.7 Å². The van der Waals surface area contributed by atoms with E-state index >= 15 is 0 Å². The molecule has 1 aromatic heterocycles. The van der Waals surface area contributed by atoms with Gasteiger partial charge in [0.25, 0.3) is 11.8 Å². The number of nitrogens with zero attached hydrogens (tertiary/aromatic N) is 2. The van der Waals surface area contributed by atoms with E-state index in [2.05, 4.69) is 16.0 Å². The summed E-state index contributed by atoms with van der Waals surface area (Å²) >= 11 is 6.37. The van der Waals surface area contributed by atoms with Gasteiger partial charge in [0.15, 0.2) is 17.7 Å². The topological polar surface area (TPSA) is 85.3 Å². The molecule has 1 heterocycles. The maximum Gasteiger partial charge on any atom is 0.279 e. The highest BCUT2D eigenvalue weighted by atomic mass is 35.5. The van der Waals surface area contributed by atoms with Gasteiger partial charge in [0.2, 0.25) is 0 Å². The fourth-order valence-corrected chi connectivity index (χ4v) is 3.17. The molecular weight excluding hydrogens is 423 g/mol. The minimum absolute atomic E-state index is 0.0623. The van der Waals surface area contributed by atoms with Gasteiger partial charge in [0, 0.05) is 0 Å². The third kappa shape index (κ3) is 5.40. The number of hydrogen-bond acceptors (Lipinski definition) is 4. The number of halogens is 2. The number of benzene rings is 2. The fourth-order valence-electron chi connectivity index (χ4n) is 2.85. The van der Waals surface area contributed by atoms with Crippen molar-refractivity contribution in [3.05, 3.63) is 81.9 Å². The van der Waals surface area contributed by atoms with Gasteiger partial charge in [-0.15, -0.1) is 0 Å². The summed E-state index contributed by atoms with van der Waals surface area (Å²) in [5.41, 5.74) is 7.24. The number of para-hydroxylation sites is 1. The summed E-state index contributed by atoms with van der Waals surface area (Å²) in [6, 6.07) is 13.6. The van der Waals surface area contributed by atoms with Crippen molar-refractivity contribution in [3.8, 4) is 5.75 Å². The molecule has 0 radical (unpaired) electrons. The molecule has 3 aromatic rings. The number of carbonyl (C=O) groups is 2. The van der Waals surface area contributed by atoms with Crippen LogP contribution in [-0.4, -0.2) is 27.7 Å². The van der Waals surface area contributed by atoms with Crippen molar-refractivity contribution in [2.45, 2.75) is 33.4 Å². The van der Waals surface area contributed by atoms with Crippen LogP contribution in [0.5, 0.6) is 5.75 Å². The second-order valence-electron chi connectivity index (χ2n) is 7.03. The molecule has 162 valence electrons. The van der Waals surface area contributed by atoms with E-state index in [9.17, 15) is 14.0 Å². The molecule has 0 saturated carbocycles. The zero-order valence-electron chi connectivity index (χ0n) is 17.3. The first kappa shape index (κ1) is 22.3. The molecular formula is C22H22ClFN4O3. The highest BCUT2D eigenvalue weighted by Gasteiger charge is 2.22. The number of aromatic nitrogens is 2. The number of hydrogen-bond donors (Lipinski definition) is 2. The summed E-state index contributed by atoms with van der Waals surface area (Å²) in [4.78, 5) is 24.8. The van der Waals surface area contributed by atoms with Crippen LogP contribution in [0.2, 0.25) is 5.15 Å². The van der Waals surface area contributed by atoms with E-state index in [0.717, 1.165) is 11.1 Å². The summed E-state index contributed by atoms with van der Waals surface area (Å²) in [5.74, 6) is -1.93. The van der Waals surface area contributed by atoms with Crippen molar-refractivity contribution in [3.63, 3.8) is 0 Å². The fraction of sp³-hybridized carbons (Fsp3) is 0.227. The number of ether oxygens (including phenoxy) is 1. The van der Waals surface area contributed by atoms with Crippen LogP contribution in [0.1, 0.15) is 34.1 Å². The summed E-state index contributed by atoms with van der Waals surface area (Å²) < 4.78 is 20.5. The molecule has 2 N–H and O–H groups in total. The van der Waals surface area contributed by atoms with Crippen LogP contribution in [0.4, 0.5) is 4.39 Å². The van der Waals surface area contributed by atoms with Crippen molar-refractivity contribution in [2.75, 3.05) is 0 Å². The molecule has 0 aliphatic heterocycles. The third-order valence-electron chi connectivity index (χ3n) is 4.55. The van der Waals surface area contributed by atoms with Gasteiger partial charge in [0.1, 0.15) is 10.7 Å². The van der Waals surface area contributed by atoms with Gasteiger partial charge in [-0.3, -0.25) is 20.4 Å². The van der Waals surface area contributed by atoms with E-state index in [1.807, 2.05) is 31.2 Å². The SMILES string of the molecule is Cc1ccc(Cn2nc(C)c(C(=O)NNC(=O)C(C)Oc3ccccc3F)c2Cl)cc1. The Kier molecular flexibility index (Phi) is 6.91. The molecule has 0 bridgehead atoms. The number of amides is 2. The molecule has 0 aliphatic rings. The second kappa shape index (κ2) is 9.61. The van der Waals surface area contributed by atoms with Crippen LogP contribution in [0.3, 0.4) is 0 Å². The van der Waals surface area contributed by atoms with Crippen molar-refractivity contribution >= 4 is 23.4 Å². The number of nitrogens with one attached hydrogen (secondary N) is 2. The van der Waals surface area contributed by atoms with E-state index in [0.29, 0.717) is 12.2 Å². The molecule has 0 aliphatic carbocycles. The van der Waals surface area contributed by atoms with Crippen LogP contribution in [0.15, 0.2) is 48.5 Å². The molecule has 2 amide bonds. The average molecular weight is 445 g/mol. The first-order valence-electron chi connectivity index (χ1n) is 9.56. The van der Waals surface area contributed by atoms with E-state index in [4.69, 9.17) is 16.3 Å². The van der Waals surface area contributed by atoms with E-state index < -0.39 is 23.7 Å². The largest absolute Gasteiger partial charge is 0.478 e. The first-order valence-corrected chi connectivity index (χ1v) is 9.94. The monoisotopic (exact) mass is 444 g/mol. The molecule has 31 heavy (non-hydrogen) atoms. The number of hydrazine groups is 1. The van der Waals surface area contributed by atoms with Gasteiger partial charge in [0.05, 0.1) is 12.2 Å². The van der Waals surface area contributed by atoms with Crippen molar-refractivity contribution in [2.24, 2.45) is 0 Å². The molecule has 0 saturated heterocycles. The molecule has 9 heteroatoms. The predicted octanol–water partition coefficient (Wildman–Crippen LogP) is 3.57. The molecule has 3 rings (SSSR count). The lowest BCUT2D eigenvalue weighted by Crippen LogP contribution is -2.47. The Hall–Kier alpha value is -3.39. The zero-order chi connectivity index (χ0) is 22.5. The highest BCUT2D eigenvalue weighted by Crippen LogP contribution is 2.21. The Bertz CT molecular complexity index is 1100. The van der Waals surface area contributed by atoms with Gasteiger partial charge in [-0.05, 0) is 38.5 Å². The molecule has 1 unspecified atom stereocenters. The van der Waals surface area contributed by atoms with Gasteiger partial charge in [-0.1, -0.05) is 53.6 Å². The predicted molar refractivity (Wildman–Crippen MR) is 114 cm³/mol. The number of aryl methyl sites for hydroxylation is 2. The Morgan fingerprint density at radius 2 is 1.81 bits per heavy atom. The van der Waals surface area contributed by atoms with E-state index in [-0.39, 0.29) is 16.5 Å². The first-order chi connectivity index (χ1) is 14.8. The zero-order valence-corrected chi connectivity index (χ0v) is 18.0. The number of carbonyl (C=O) groups excluding carboxylic acids is 2. The minimum Gasteiger partial charge on any atom is -0.478 e. The van der Waals surface area contributed by atoms with Crippen molar-refractivity contribution in [1.29, 1.82) is 0 Å². The van der Waals surface area contributed by atoms with Crippen molar-refractivity contribution < 1.29 is 18.7 Å². The van der Waals surface area contributed by atoms with Gasteiger partial charge in [-0.25, -0.2) is 9.07 Å². The Morgan fingerprint density at radius 3 is 2.48 bits per heavy atom. The van der Waals surface area contributed by atoms with Crippen LogP contribution in [-0.2, 0) is 11.3 Å². The summed E-state index contributed by atoms with van der Waals surface area (Å²) in [5, 5.41) is 4.47.